The molecule has 1 saturated carbocycles. The fourth-order valence-electron chi connectivity index (χ4n) is 1.91. The van der Waals surface area contributed by atoms with E-state index in [0.29, 0.717) is 0 Å². The van der Waals surface area contributed by atoms with E-state index in [1.54, 1.807) is 0 Å². The van der Waals surface area contributed by atoms with Crippen LogP contribution in [-0.2, 0) is 12.5 Å². The van der Waals surface area contributed by atoms with E-state index in [9.17, 15) is 0 Å². The monoisotopic (exact) mass is 160 g/mol. The summed E-state index contributed by atoms with van der Waals surface area (Å²) in [6.45, 7) is 0. The molecule has 0 unspecified atom stereocenters. The molecule has 1 aromatic rings. The highest BCUT2D eigenvalue weighted by Gasteiger charge is 2.40. The molecule has 2 rings (SSSR count). The van der Waals surface area contributed by atoms with Gasteiger partial charge in [-0.25, -0.2) is 0 Å². The van der Waals surface area contributed by atoms with Gasteiger partial charge in [-0.3, -0.25) is 0 Å². The molecule has 1 aliphatic carbocycles. The minimum absolute atomic E-state index is 0.155. The number of hydrogen-bond donors (Lipinski definition) is 0. The van der Waals surface area contributed by atoms with E-state index in [4.69, 9.17) is 5.26 Å². The highest BCUT2D eigenvalue weighted by Crippen LogP contribution is 2.42. The Kier molecular flexibility index (Phi) is 1.47. The topological polar surface area (TPSA) is 28.7 Å². The molecule has 12 heavy (non-hydrogen) atoms. The predicted molar refractivity (Wildman–Crippen MR) is 46.6 cm³/mol. The maximum absolute atomic E-state index is 9.07. The van der Waals surface area contributed by atoms with Crippen LogP contribution in [-0.4, -0.2) is 4.57 Å². The smallest absolute Gasteiger partial charge is 0.0972 e. The molecule has 0 aromatic carbocycles. The zero-order chi connectivity index (χ0) is 8.60. The van der Waals surface area contributed by atoms with Crippen LogP contribution in [0.2, 0.25) is 0 Å². The van der Waals surface area contributed by atoms with E-state index in [1.165, 1.54) is 12.1 Å². The van der Waals surface area contributed by atoms with E-state index >= 15 is 0 Å². The number of aromatic nitrogens is 1. The molecule has 2 heteroatoms. The lowest BCUT2D eigenvalue weighted by Crippen LogP contribution is -2.34. The van der Waals surface area contributed by atoms with Crippen LogP contribution in [0.1, 0.15) is 25.0 Å². The normalized spacial score (nSPS) is 19.7. The van der Waals surface area contributed by atoms with E-state index in [2.05, 4.69) is 16.7 Å². The van der Waals surface area contributed by atoms with Gasteiger partial charge in [-0.2, -0.15) is 5.26 Å². The van der Waals surface area contributed by atoms with Gasteiger partial charge >= 0.3 is 0 Å². The molecule has 0 atom stereocenters. The Morgan fingerprint density at radius 3 is 2.67 bits per heavy atom. The SMILES string of the molecule is Cn1cccc1C1(C#N)CCC1. The van der Waals surface area contributed by atoms with Crippen molar-refractivity contribution in [3.8, 4) is 6.07 Å². The molecular weight excluding hydrogens is 148 g/mol. The summed E-state index contributed by atoms with van der Waals surface area (Å²) >= 11 is 0. The van der Waals surface area contributed by atoms with Gasteiger partial charge in [0, 0.05) is 18.9 Å². The van der Waals surface area contributed by atoms with Crippen molar-refractivity contribution in [2.75, 3.05) is 0 Å². The Bertz CT molecular complexity index is 326. The van der Waals surface area contributed by atoms with Gasteiger partial charge in [0.2, 0.25) is 0 Å². The first kappa shape index (κ1) is 7.42. The van der Waals surface area contributed by atoms with Crippen molar-refractivity contribution >= 4 is 0 Å². The first-order chi connectivity index (χ1) is 5.78. The first-order valence-electron chi connectivity index (χ1n) is 4.32. The third kappa shape index (κ3) is 0.797. The first-order valence-corrected chi connectivity index (χ1v) is 4.32. The summed E-state index contributed by atoms with van der Waals surface area (Å²) in [6, 6.07) is 6.50. The zero-order valence-electron chi connectivity index (χ0n) is 7.25. The van der Waals surface area contributed by atoms with Crippen LogP contribution in [0.25, 0.3) is 0 Å². The summed E-state index contributed by atoms with van der Waals surface area (Å²) in [6.07, 6.45) is 5.26. The fraction of sp³-hybridized carbons (Fsp3) is 0.500. The van der Waals surface area contributed by atoms with Crippen molar-refractivity contribution in [2.24, 2.45) is 7.05 Å². The van der Waals surface area contributed by atoms with E-state index in [0.717, 1.165) is 12.8 Å². The summed E-state index contributed by atoms with van der Waals surface area (Å²) in [7, 11) is 2.01. The van der Waals surface area contributed by atoms with Gasteiger partial charge in [-0.05, 0) is 31.4 Å². The Labute approximate surface area is 72.4 Å². The Morgan fingerprint density at radius 1 is 1.58 bits per heavy atom. The molecule has 1 fully saturated rings. The van der Waals surface area contributed by atoms with Crippen molar-refractivity contribution in [3.05, 3.63) is 24.0 Å². The number of nitriles is 1. The van der Waals surface area contributed by atoms with Crippen LogP contribution in [0.3, 0.4) is 0 Å². The number of hydrogen-bond acceptors (Lipinski definition) is 1. The lowest BCUT2D eigenvalue weighted by molar-refractivity contribution is 0.309. The molecule has 0 saturated heterocycles. The summed E-state index contributed by atoms with van der Waals surface area (Å²) in [4.78, 5) is 0. The molecule has 0 amide bonds. The number of rotatable bonds is 1. The van der Waals surface area contributed by atoms with Gasteiger partial charge in [0.05, 0.1) is 11.5 Å². The maximum Gasteiger partial charge on any atom is 0.0972 e. The molecule has 1 aromatic heterocycles. The highest BCUT2D eigenvalue weighted by atomic mass is 14.9. The molecule has 1 aliphatic rings. The van der Waals surface area contributed by atoms with Crippen molar-refractivity contribution in [1.29, 1.82) is 5.26 Å². The van der Waals surface area contributed by atoms with Crippen molar-refractivity contribution in [1.82, 2.24) is 4.57 Å². The largest absolute Gasteiger partial charge is 0.353 e. The second-order valence-electron chi connectivity index (χ2n) is 3.55. The van der Waals surface area contributed by atoms with Crippen LogP contribution in [0.5, 0.6) is 0 Å². The number of aryl methyl sites for hydroxylation is 1. The molecule has 0 bridgehead atoms. The quantitative estimate of drug-likeness (QED) is 0.617. The number of nitrogens with zero attached hydrogens (tertiary/aromatic N) is 2. The summed E-state index contributed by atoms with van der Waals surface area (Å²) < 4.78 is 2.06. The summed E-state index contributed by atoms with van der Waals surface area (Å²) in [5.41, 5.74) is 1.02. The third-order valence-corrected chi connectivity index (χ3v) is 2.86. The fourth-order valence-corrected chi connectivity index (χ4v) is 1.91. The average molecular weight is 160 g/mol. The summed E-state index contributed by atoms with van der Waals surface area (Å²) in [5, 5.41) is 9.07. The second kappa shape index (κ2) is 2.38. The minimum Gasteiger partial charge on any atom is -0.353 e. The van der Waals surface area contributed by atoms with Gasteiger partial charge in [0.25, 0.3) is 0 Å². The Hall–Kier alpha value is -1.23. The van der Waals surface area contributed by atoms with Crippen LogP contribution in [0, 0.1) is 11.3 Å². The third-order valence-electron chi connectivity index (χ3n) is 2.86. The van der Waals surface area contributed by atoms with E-state index < -0.39 is 0 Å². The molecule has 0 radical (unpaired) electrons. The van der Waals surface area contributed by atoms with Gasteiger partial charge in [0.1, 0.15) is 0 Å². The van der Waals surface area contributed by atoms with Crippen molar-refractivity contribution < 1.29 is 0 Å². The van der Waals surface area contributed by atoms with Crippen LogP contribution in [0.4, 0.5) is 0 Å². The molecular formula is C10H12N2. The predicted octanol–water partition coefficient (Wildman–Crippen LogP) is 1.97. The second-order valence-corrected chi connectivity index (χ2v) is 3.55. The minimum atomic E-state index is -0.155. The Balaban J connectivity index is 2.42. The zero-order valence-corrected chi connectivity index (χ0v) is 7.25. The van der Waals surface area contributed by atoms with Crippen LogP contribution >= 0.6 is 0 Å². The standard InChI is InChI=1S/C10H12N2/c1-12-7-2-4-9(12)10(8-11)5-3-6-10/h2,4,7H,3,5-6H2,1H3. The van der Waals surface area contributed by atoms with Gasteiger partial charge in [-0.15, -0.1) is 0 Å². The molecule has 2 nitrogen and oxygen atoms in total. The van der Waals surface area contributed by atoms with Crippen molar-refractivity contribution in [3.63, 3.8) is 0 Å². The lowest BCUT2D eigenvalue weighted by Gasteiger charge is -2.35. The van der Waals surface area contributed by atoms with Gasteiger partial charge < -0.3 is 4.57 Å². The van der Waals surface area contributed by atoms with Crippen molar-refractivity contribution in [2.45, 2.75) is 24.7 Å². The molecule has 62 valence electrons. The van der Waals surface area contributed by atoms with E-state index in [1.807, 2.05) is 19.3 Å². The van der Waals surface area contributed by atoms with Crippen LogP contribution < -0.4 is 0 Å². The average Bonchev–Trinajstić information content (AvgIpc) is 2.36. The van der Waals surface area contributed by atoms with Gasteiger partial charge in [0.15, 0.2) is 0 Å². The Morgan fingerprint density at radius 2 is 2.33 bits per heavy atom. The van der Waals surface area contributed by atoms with Crippen LogP contribution in [0.15, 0.2) is 18.3 Å². The molecule has 0 spiro atoms. The van der Waals surface area contributed by atoms with Gasteiger partial charge in [-0.1, -0.05) is 0 Å². The molecule has 0 N–H and O–H groups in total. The highest BCUT2D eigenvalue weighted by molar-refractivity contribution is 5.30. The van der Waals surface area contributed by atoms with E-state index in [-0.39, 0.29) is 5.41 Å². The molecule has 1 heterocycles. The summed E-state index contributed by atoms with van der Waals surface area (Å²) in [5.74, 6) is 0. The molecule has 0 aliphatic heterocycles. The maximum atomic E-state index is 9.07. The lowest BCUT2D eigenvalue weighted by atomic mass is 9.68.